The maximum Gasteiger partial charge on any atom is 0.425 e. The van der Waals surface area contributed by atoms with E-state index < -0.39 is 42.8 Å². The van der Waals surface area contributed by atoms with E-state index >= 15 is 0 Å². The number of anilines is 1. The van der Waals surface area contributed by atoms with Crippen molar-refractivity contribution in [3.8, 4) is 0 Å². The molecule has 222 valence electrons. The lowest BCUT2D eigenvalue weighted by molar-refractivity contribution is -0.149. The molecule has 1 atom stereocenters. The molecule has 0 aliphatic heterocycles. The number of imide groups is 1. The maximum atomic E-state index is 13.0. The number of esters is 1. The summed E-state index contributed by atoms with van der Waals surface area (Å²) in [7, 11) is -0.509. The third-order valence-electron chi connectivity index (χ3n) is 4.76. The summed E-state index contributed by atoms with van der Waals surface area (Å²) in [6.07, 6.45) is 3.88. The number of carbonyl (C=O) groups is 3. The van der Waals surface area contributed by atoms with Crippen LogP contribution in [0.15, 0.2) is 24.8 Å². The molecule has 0 bridgehead atoms. The van der Waals surface area contributed by atoms with Gasteiger partial charge in [0.2, 0.25) is 0 Å². The lowest BCUT2D eigenvalue weighted by Gasteiger charge is -2.28. The molecule has 0 aliphatic rings. The SMILES string of the molecule is COC(=O)C(OCC=CCn1cnc2c(N(C(=O)OC(C)(C)C)C(=O)OC(C)(C)C)ncnc21)P(=O)(OC)OC. The lowest BCUT2D eigenvalue weighted by atomic mass is 10.2. The second kappa shape index (κ2) is 13.3. The van der Waals surface area contributed by atoms with Crippen LogP contribution in [0, 0.1) is 0 Å². The van der Waals surface area contributed by atoms with E-state index in [4.69, 9.17) is 23.3 Å². The number of methoxy groups -OCH3 is 1. The molecule has 16 heteroatoms. The number of imidazole rings is 1. The van der Waals surface area contributed by atoms with E-state index in [1.807, 2.05) is 0 Å². The molecule has 40 heavy (non-hydrogen) atoms. The van der Waals surface area contributed by atoms with Crippen LogP contribution in [-0.4, -0.2) is 82.7 Å². The third-order valence-corrected chi connectivity index (χ3v) is 6.72. The summed E-state index contributed by atoms with van der Waals surface area (Å²) in [6, 6.07) is 0. The second-order valence-electron chi connectivity index (χ2n) is 10.1. The van der Waals surface area contributed by atoms with E-state index in [9.17, 15) is 18.9 Å². The first-order valence-electron chi connectivity index (χ1n) is 12.0. The van der Waals surface area contributed by atoms with Gasteiger partial charge in [0.1, 0.15) is 17.5 Å². The molecule has 2 amide bonds. The van der Waals surface area contributed by atoms with Crippen molar-refractivity contribution >= 4 is 42.7 Å². The van der Waals surface area contributed by atoms with Gasteiger partial charge in [0.15, 0.2) is 17.0 Å². The highest BCUT2D eigenvalue weighted by atomic mass is 31.2. The number of hydrogen-bond donors (Lipinski definition) is 0. The highest BCUT2D eigenvalue weighted by molar-refractivity contribution is 7.55. The number of hydrogen-bond acceptors (Lipinski definition) is 13. The Labute approximate surface area is 232 Å². The predicted octanol–water partition coefficient (Wildman–Crippen LogP) is 4.06. The molecule has 0 spiro atoms. The Morgan fingerprint density at radius 2 is 1.52 bits per heavy atom. The van der Waals surface area contributed by atoms with Gasteiger partial charge in [-0.15, -0.1) is 0 Å². The molecule has 2 aromatic rings. The lowest BCUT2D eigenvalue weighted by Crippen LogP contribution is -2.44. The fourth-order valence-electron chi connectivity index (χ4n) is 3.09. The first-order chi connectivity index (χ1) is 18.6. The van der Waals surface area contributed by atoms with Crippen LogP contribution in [0.2, 0.25) is 0 Å². The van der Waals surface area contributed by atoms with Crippen LogP contribution in [0.5, 0.6) is 0 Å². The normalized spacial score (nSPS) is 13.3. The fourth-order valence-corrected chi connectivity index (χ4v) is 4.25. The molecule has 0 fully saturated rings. The van der Waals surface area contributed by atoms with Crippen LogP contribution < -0.4 is 4.90 Å². The van der Waals surface area contributed by atoms with E-state index in [1.54, 1.807) is 58.3 Å². The number of fused-ring (bicyclic) bond motifs is 1. The van der Waals surface area contributed by atoms with E-state index in [1.165, 1.54) is 12.7 Å². The average Bonchev–Trinajstić information content (AvgIpc) is 3.27. The first-order valence-corrected chi connectivity index (χ1v) is 13.7. The summed E-state index contributed by atoms with van der Waals surface area (Å²) in [4.78, 5) is 51.4. The summed E-state index contributed by atoms with van der Waals surface area (Å²) in [5.74, 6) is -2.60. The number of rotatable bonds is 10. The fraction of sp³-hybridized carbons (Fsp3) is 0.583. The zero-order valence-electron chi connectivity index (χ0n) is 24.1. The van der Waals surface area contributed by atoms with Crippen LogP contribution >= 0.6 is 7.60 Å². The van der Waals surface area contributed by atoms with Crippen LogP contribution in [0.3, 0.4) is 0 Å². The van der Waals surface area contributed by atoms with Crippen LogP contribution in [0.1, 0.15) is 41.5 Å². The van der Waals surface area contributed by atoms with Gasteiger partial charge in [0.25, 0.3) is 5.85 Å². The minimum absolute atomic E-state index is 0.115. The molecular formula is C24H36N5O10P. The Morgan fingerprint density at radius 3 is 2.02 bits per heavy atom. The Balaban J connectivity index is 2.30. The van der Waals surface area contributed by atoms with Gasteiger partial charge in [-0.2, -0.15) is 4.90 Å². The predicted molar refractivity (Wildman–Crippen MR) is 143 cm³/mol. The molecule has 15 nitrogen and oxygen atoms in total. The van der Waals surface area contributed by atoms with Crippen molar-refractivity contribution in [2.24, 2.45) is 0 Å². The minimum Gasteiger partial charge on any atom is -0.467 e. The van der Waals surface area contributed by atoms with Crippen LogP contribution in [0.4, 0.5) is 15.4 Å². The number of aromatic nitrogens is 4. The number of carbonyl (C=O) groups excluding carboxylic acids is 3. The van der Waals surface area contributed by atoms with Gasteiger partial charge in [0.05, 0.1) is 20.0 Å². The highest BCUT2D eigenvalue weighted by Gasteiger charge is 2.42. The molecule has 0 saturated carbocycles. The second-order valence-corrected chi connectivity index (χ2v) is 12.4. The summed E-state index contributed by atoms with van der Waals surface area (Å²) >= 11 is 0. The summed E-state index contributed by atoms with van der Waals surface area (Å²) < 4.78 is 44.8. The zero-order chi connectivity index (χ0) is 30.3. The maximum absolute atomic E-state index is 13.0. The molecule has 2 heterocycles. The molecule has 1 unspecified atom stereocenters. The van der Waals surface area contributed by atoms with E-state index in [0.717, 1.165) is 21.3 Å². The number of nitrogens with zero attached hydrogens (tertiary/aromatic N) is 5. The summed E-state index contributed by atoms with van der Waals surface area (Å²) in [5, 5.41) is 0. The Bertz CT molecular complexity index is 1250. The first kappa shape index (κ1) is 32.8. The molecule has 2 aromatic heterocycles. The van der Waals surface area contributed by atoms with Gasteiger partial charge in [0, 0.05) is 20.8 Å². The van der Waals surface area contributed by atoms with Crippen molar-refractivity contribution in [1.29, 1.82) is 0 Å². The molecule has 0 aliphatic carbocycles. The summed E-state index contributed by atoms with van der Waals surface area (Å²) in [6.45, 7) is 10.1. The highest BCUT2D eigenvalue weighted by Crippen LogP contribution is 2.52. The van der Waals surface area contributed by atoms with Gasteiger partial charge in [-0.1, -0.05) is 12.2 Å². The van der Waals surface area contributed by atoms with Crippen molar-refractivity contribution in [3.05, 3.63) is 24.8 Å². The molecule has 0 N–H and O–H groups in total. The van der Waals surface area contributed by atoms with Gasteiger partial charge >= 0.3 is 25.8 Å². The smallest absolute Gasteiger partial charge is 0.425 e. The zero-order valence-corrected chi connectivity index (χ0v) is 25.0. The molecule has 0 saturated heterocycles. The minimum atomic E-state index is -3.89. The quantitative estimate of drug-likeness (QED) is 0.169. The van der Waals surface area contributed by atoms with E-state index in [-0.39, 0.29) is 24.5 Å². The van der Waals surface area contributed by atoms with Gasteiger partial charge < -0.3 is 32.6 Å². The van der Waals surface area contributed by atoms with Crippen LogP contribution in [0.25, 0.3) is 11.2 Å². The summed E-state index contributed by atoms with van der Waals surface area (Å²) in [5.41, 5.74) is -1.34. The van der Waals surface area contributed by atoms with Gasteiger partial charge in [-0.05, 0) is 41.5 Å². The van der Waals surface area contributed by atoms with Crippen molar-refractivity contribution in [1.82, 2.24) is 19.5 Å². The van der Waals surface area contributed by atoms with Gasteiger partial charge in [-0.25, -0.2) is 29.3 Å². The Morgan fingerprint density at radius 1 is 0.950 bits per heavy atom. The third kappa shape index (κ3) is 8.55. The van der Waals surface area contributed by atoms with Crippen molar-refractivity contribution in [2.75, 3.05) is 32.8 Å². The molecular weight excluding hydrogens is 549 g/mol. The Hall–Kier alpha value is -3.39. The topological polar surface area (TPSA) is 170 Å². The molecule has 0 radical (unpaired) electrons. The number of ether oxygens (including phenoxy) is 4. The van der Waals surface area contributed by atoms with E-state index in [0.29, 0.717) is 10.5 Å². The molecule has 2 rings (SSSR count). The Kier molecular flexibility index (Phi) is 10.9. The molecule has 0 aromatic carbocycles. The van der Waals surface area contributed by atoms with E-state index in [2.05, 4.69) is 19.7 Å². The monoisotopic (exact) mass is 585 g/mol. The van der Waals surface area contributed by atoms with Crippen molar-refractivity contribution < 1.29 is 46.9 Å². The number of amides is 2. The average molecular weight is 586 g/mol. The van der Waals surface area contributed by atoms with Crippen LogP contribution in [-0.2, 0) is 43.9 Å². The standard InChI is InChI=1S/C24H36N5O10P/c1-23(2,3)38-21(31)29(22(32)39-24(4,5)6)18-16-17(25-14-26-18)28(15-27-16)12-10-11-13-37-20(19(30)34-7)40(33,35-8)36-9/h10-11,14-15,20H,12-13H2,1-9H3. The van der Waals surface area contributed by atoms with Crippen molar-refractivity contribution in [3.63, 3.8) is 0 Å². The number of allylic oxidation sites excluding steroid dienone is 1. The van der Waals surface area contributed by atoms with Gasteiger partial charge in [-0.3, -0.25) is 4.57 Å². The largest absolute Gasteiger partial charge is 0.467 e. The van der Waals surface area contributed by atoms with Crippen molar-refractivity contribution in [2.45, 2.75) is 65.1 Å².